The Hall–Kier alpha value is -1.47. The molecule has 0 amide bonds. The average molecular weight is 257 g/mol. The normalized spacial score (nSPS) is 11.6. The molecule has 18 heavy (non-hydrogen) atoms. The van der Waals surface area contributed by atoms with Crippen LogP contribution in [0.2, 0.25) is 0 Å². The molecule has 0 aliphatic carbocycles. The van der Waals surface area contributed by atoms with Gasteiger partial charge in [-0.2, -0.15) is 0 Å². The van der Waals surface area contributed by atoms with Crippen molar-refractivity contribution in [3.05, 3.63) is 35.9 Å². The van der Waals surface area contributed by atoms with Gasteiger partial charge in [-0.3, -0.25) is 4.79 Å². The summed E-state index contributed by atoms with van der Waals surface area (Å²) in [6.07, 6.45) is -0.569. The van der Waals surface area contributed by atoms with Gasteiger partial charge in [0.25, 0.3) is 0 Å². The van der Waals surface area contributed by atoms with Crippen LogP contribution in [0, 0.1) is 0 Å². The minimum Gasteiger partial charge on any atom is -0.480 e. The van der Waals surface area contributed by atoms with E-state index in [1.807, 2.05) is 30.3 Å². The number of rotatable bonds is 5. The number of carbonyl (C=O) groups is 1. The SMILES string of the molecule is NC(Cc1ccccc1)C(=O)O.OCC(O)CO. The van der Waals surface area contributed by atoms with Crippen molar-refractivity contribution in [2.45, 2.75) is 18.6 Å². The second kappa shape index (κ2) is 9.55. The van der Waals surface area contributed by atoms with E-state index in [9.17, 15) is 4.79 Å². The highest BCUT2D eigenvalue weighted by Crippen LogP contribution is 2.01. The second-order valence-corrected chi connectivity index (χ2v) is 3.65. The lowest BCUT2D eigenvalue weighted by Crippen LogP contribution is -2.32. The van der Waals surface area contributed by atoms with Crippen molar-refractivity contribution in [2.24, 2.45) is 5.73 Å². The highest BCUT2D eigenvalue weighted by Gasteiger charge is 2.10. The first-order valence-electron chi connectivity index (χ1n) is 5.43. The van der Waals surface area contributed by atoms with E-state index in [1.54, 1.807) is 0 Å². The molecule has 0 aliphatic rings. The molecule has 0 bridgehead atoms. The summed E-state index contributed by atoms with van der Waals surface area (Å²) in [5, 5.41) is 32.5. The molecule has 1 aromatic carbocycles. The molecule has 1 aromatic rings. The Balaban J connectivity index is 0.000000411. The van der Waals surface area contributed by atoms with Crippen molar-refractivity contribution >= 4 is 5.97 Å². The molecule has 6 nitrogen and oxygen atoms in total. The number of hydrogen-bond donors (Lipinski definition) is 5. The summed E-state index contributed by atoms with van der Waals surface area (Å²) in [7, 11) is 0. The predicted molar refractivity (Wildman–Crippen MR) is 65.9 cm³/mol. The summed E-state index contributed by atoms with van der Waals surface area (Å²) < 4.78 is 0. The number of aliphatic hydroxyl groups is 3. The fraction of sp³-hybridized carbons (Fsp3) is 0.417. The van der Waals surface area contributed by atoms with Crippen molar-refractivity contribution in [3.63, 3.8) is 0 Å². The molecule has 0 spiro atoms. The molecule has 0 aliphatic heterocycles. The van der Waals surface area contributed by atoms with Crippen LogP contribution in [0.5, 0.6) is 0 Å². The second-order valence-electron chi connectivity index (χ2n) is 3.65. The zero-order chi connectivity index (χ0) is 14.0. The largest absolute Gasteiger partial charge is 0.480 e. The van der Waals surface area contributed by atoms with E-state index in [0.29, 0.717) is 6.42 Å². The van der Waals surface area contributed by atoms with Gasteiger partial charge in [0, 0.05) is 0 Å². The molecule has 6 heteroatoms. The molecule has 1 rings (SSSR count). The van der Waals surface area contributed by atoms with Gasteiger partial charge in [-0.15, -0.1) is 0 Å². The van der Waals surface area contributed by atoms with E-state index in [1.165, 1.54) is 0 Å². The maximum absolute atomic E-state index is 10.4. The van der Waals surface area contributed by atoms with Crippen LogP contribution < -0.4 is 5.73 Å². The molecule has 6 N–H and O–H groups in total. The van der Waals surface area contributed by atoms with Crippen LogP contribution in [0.3, 0.4) is 0 Å². The van der Waals surface area contributed by atoms with Gasteiger partial charge in [0.2, 0.25) is 0 Å². The summed E-state index contributed by atoms with van der Waals surface area (Å²) in [6, 6.07) is 8.54. The van der Waals surface area contributed by atoms with E-state index in [2.05, 4.69) is 0 Å². The van der Waals surface area contributed by atoms with Crippen LogP contribution in [0.15, 0.2) is 30.3 Å². The van der Waals surface area contributed by atoms with Gasteiger partial charge in [0.05, 0.1) is 13.2 Å². The van der Waals surface area contributed by atoms with Crippen molar-refractivity contribution in [1.82, 2.24) is 0 Å². The Morgan fingerprint density at radius 2 is 1.67 bits per heavy atom. The molecule has 0 fully saturated rings. The molecule has 0 aromatic heterocycles. The number of hydrogen-bond acceptors (Lipinski definition) is 5. The molecule has 0 saturated heterocycles. The van der Waals surface area contributed by atoms with Crippen molar-refractivity contribution < 1.29 is 25.2 Å². The van der Waals surface area contributed by atoms with Crippen LogP contribution in [0.4, 0.5) is 0 Å². The number of carboxylic acid groups (broad SMARTS) is 1. The van der Waals surface area contributed by atoms with Crippen molar-refractivity contribution in [3.8, 4) is 0 Å². The number of benzene rings is 1. The van der Waals surface area contributed by atoms with Crippen LogP contribution in [-0.4, -0.2) is 51.8 Å². The van der Waals surface area contributed by atoms with Gasteiger partial charge >= 0.3 is 5.97 Å². The first-order chi connectivity index (χ1) is 8.51. The van der Waals surface area contributed by atoms with E-state index in [-0.39, 0.29) is 13.2 Å². The van der Waals surface area contributed by atoms with Crippen LogP contribution in [-0.2, 0) is 11.2 Å². The van der Waals surface area contributed by atoms with Crippen LogP contribution in [0.25, 0.3) is 0 Å². The van der Waals surface area contributed by atoms with E-state index >= 15 is 0 Å². The molecule has 102 valence electrons. The molecular formula is C12H19NO5. The Labute approximate surface area is 105 Å². The third-order valence-corrected chi connectivity index (χ3v) is 2.04. The lowest BCUT2D eigenvalue weighted by Gasteiger charge is -2.04. The lowest BCUT2D eigenvalue weighted by molar-refractivity contribution is -0.138. The molecule has 1 unspecified atom stereocenters. The first-order valence-corrected chi connectivity index (χ1v) is 5.43. The maximum Gasteiger partial charge on any atom is 0.320 e. The minimum absolute atomic E-state index is 0.365. The van der Waals surface area contributed by atoms with Crippen LogP contribution in [0.1, 0.15) is 5.56 Å². The van der Waals surface area contributed by atoms with Gasteiger partial charge < -0.3 is 26.2 Å². The molecule has 1 atom stereocenters. The predicted octanol–water partition coefficient (Wildman–Crippen LogP) is -1.03. The highest BCUT2D eigenvalue weighted by atomic mass is 16.4. The van der Waals surface area contributed by atoms with Gasteiger partial charge in [-0.05, 0) is 12.0 Å². The van der Waals surface area contributed by atoms with Gasteiger partial charge in [-0.25, -0.2) is 0 Å². The summed E-state index contributed by atoms with van der Waals surface area (Å²) in [6.45, 7) is -0.729. The Kier molecular flexibility index (Phi) is 8.77. The van der Waals surface area contributed by atoms with Gasteiger partial charge in [-0.1, -0.05) is 30.3 Å². The molecule has 0 radical (unpaired) electrons. The summed E-state index contributed by atoms with van der Waals surface area (Å²) >= 11 is 0. The third-order valence-electron chi connectivity index (χ3n) is 2.04. The van der Waals surface area contributed by atoms with E-state index in [4.69, 9.17) is 26.2 Å². The van der Waals surface area contributed by atoms with Crippen molar-refractivity contribution in [2.75, 3.05) is 13.2 Å². The summed E-state index contributed by atoms with van der Waals surface area (Å²) in [5.74, 6) is -0.959. The standard InChI is InChI=1S/C9H11NO2.C3H8O3/c10-8(9(11)12)6-7-4-2-1-3-5-7;4-1-3(6)2-5/h1-5,8H,6,10H2,(H,11,12);3-6H,1-2H2. The summed E-state index contributed by atoms with van der Waals surface area (Å²) in [4.78, 5) is 10.4. The number of aliphatic hydroxyl groups excluding tert-OH is 3. The quantitative estimate of drug-likeness (QED) is 0.459. The Morgan fingerprint density at radius 1 is 1.17 bits per heavy atom. The fourth-order valence-corrected chi connectivity index (χ4v) is 1.01. The molecule has 0 saturated carbocycles. The minimum atomic E-state index is -0.959. The third kappa shape index (κ3) is 7.75. The number of nitrogens with two attached hydrogens (primary N) is 1. The number of aliphatic carboxylic acids is 1. The molecular weight excluding hydrogens is 238 g/mol. The van der Waals surface area contributed by atoms with E-state index < -0.39 is 18.1 Å². The van der Waals surface area contributed by atoms with Crippen molar-refractivity contribution in [1.29, 1.82) is 0 Å². The fourth-order valence-electron chi connectivity index (χ4n) is 1.01. The zero-order valence-corrected chi connectivity index (χ0v) is 9.94. The van der Waals surface area contributed by atoms with E-state index in [0.717, 1.165) is 5.56 Å². The van der Waals surface area contributed by atoms with Gasteiger partial charge in [0.15, 0.2) is 0 Å². The Bertz CT molecular complexity index is 326. The van der Waals surface area contributed by atoms with Gasteiger partial charge in [0.1, 0.15) is 12.1 Å². The average Bonchev–Trinajstić information content (AvgIpc) is 2.39. The zero-order valence-electron chi connectivity index (χ0n) is 9.94. The molecule has 0 heterocycles. The lowest BCUT2D eigenvalue weighted by atomic mass is 10.1. The topological polar surface area (TPSA) is 124 Å². The summed E-state index contributed by atoms with van der Waals surface area (Å²) in [5.41, 5.74) is 6.30. The highest BCUT2D eigenvalue weighted by molar-refractivity contribution is 5.73. The Morgan fingerprint density at radius 3 is 2.00 bits per heavy atom. The monoisotopic (exact) mass is 257 g/mol. The maximum atomic E-state index is 10.4. The number of carboxylic acids is 1. The smallest absolute Gasteiger partial charge is 0.320 e. The van der Waals surface area contributed by atoms with Crippen LogP contribution >= 0.6 is 0 Å². The first kappa shape index (κ1) is 16.5.